The SMILES string of the molecule is CCc1ccc(-c2cc(OC)ccc2F)c([C@@H](O)C(C)(C)C)c1. The van der Waals surface area contributed by atoms with Crippen molar-refractivity contribution in [3.8, 4) is 16.9 Å². The molecule has 23 heavy (non-hydrogen) atoms. The lowest BCUT2D eigenvalue weighted by Gasteiger charge is -2.28. The summed E-state index contributed by atoms with van der Waals surface area (Å²) in [6.45, 7) is 7.99. The number of halogens is 1. The molecule has 0 saturated carbocycles. The molecule has 0 spiro atoms. The van der Waals surface area contributed by atoms with Crippen LogP contribution >= 0.6 is 0 Å². The first-order valence-electron chi connectivity index (χ1n) is 7.92. The van der Waals surface area contributed by atoms with Crippen LogP contribution in [0.3, 0.4) is 0 Å². The molecule has 0 aromatic heterocycles. The third-order valence-corrected chi connectivity index (χ3v) is 4.10. The number of ether oxygens (including phenoxy) is 1. The molecule has 0 radical (unpaired) electrons. The van der Waals surface area contributed by atoms with Crippen LogP contribution < -0.4 is 4.74 Å². The third-order valence-electron chi connectivity index (χ3n) is 4.10. The monoisotopic (exact) mass is 316 g/mol. The Labute approximate surface area is 137 Å². The number of aliphatic hydroxyl groups excluding tert-OH is 1. The Bertz CT molecular complexity index is 687. The molecular weight excluding hydrogens is 291 g/mol. The average Bonchev–Trinajstić information content (AvgIpc) is 2.53. The minimum atomic E-state index is -0.686. The highest BCUT2D eigenvalue weighted by molar-refractivity contribution is 5.70. The molecule has 2 aromatic carbocycles. The predicted molar refractivity (Wildman–Crippen MR) is 92.2 cm³/mol. The van der Waals surface area contributed by atoms with Crippen molar-refractivity contribution in [1.82, 2.24) is 0 Å². The maximum Gasteiger partial charge on any atom is 0.131 e. The molecule has 0 aliphatic heterocycles. The Balaban J connectivity index is 2.67. The number of hydrogen-bond acceptors (Lipinski definition) is 2. The highest BCUT2D eigenvalue weighted by Crippen LogP contribution is 2.40. The van der Waals surface area contributed by atoms with Crippen LogP contribution in [0.5, 0.6) is 5.75 Å². The van der Waals surface area contributed by atoms with Crippen LogP contribution in [0.2, 0.25) is 0 Å². The average molecular weight is 316 g/mol. The lowest BCUT2D eigenvalue weighted by Crippen LogP contribution is -2.19. The molecule has 3 heteroatoms. The van der Waals surface area contributed by atoms with Crippen LogP contribution in [0.1, 0.15) is 44.9 Å². The van der Waals surface area contributed by atoms with Gasteiger partial charge in [0.1, 0.15) is 11.6 Å². The van der Waals surface area contributed by atoms with E-state index < -0.39 is 6.10 Å². The Morgan fingerprint density at radius 1 is 1.09 bits per heavy atom. The Morgan fingerprint density at radius 3 is 2.35 bits per heavy atom. The van der Waals surface area contributed by atoms with E-state index in [0.717, 1.165) is 17.5 Å². The number of aliphatic hydroxyl groups is 1. The summed E-state index contributed by atoms with van der Waals surface area (Å²) in [5, 5.41) is 10.8. The molecule has 0 aliphatic carbocycles. The van der Waals surface area contributed by atoms with Crippen molar-refractivity contribution in [2.75, 3.05) is 7.11 Å². The van der Waals surface area contributed by atoms with E-state index in [2.05, 4.69) is 6.92 Å². The van der Waals surface area contributed by atoms with Gasteiger partial charge in [-0.25, -0.2) is 4.39 Å². The van der Waals surface area contributed by atoms with Crippen molar-refractivity contribution in [1.29, 1.82) is 0 Å². The van der Waals surface area contributed by atoms with Gasteiger partial charge in [-0.3, -0.25) is 0 Å². The molecule has 0 amide bonds. The second-order valence-corrected chi connectivity index (χ2v) is 6.89. The van der Waals surface area contributed by atoms with Crippen LogP contribution in [0.25, 0.3) is 11.1 Å². The van der Waals surface area contributed by atoms with Gasteiger partial charge in [-0.05, 0) is 46.7 Å². The number of methoxy groups -OCH3 is 1. The molecule has 1 N–H and O–H groups in total. The molecule has 0 bridgehead atoms. The van der Waals surface area contributed by atoms with Crippen molar-refractivity contribution >= 4 is 0 Å². The second-order valence-electron chi connectivity index (χ2n) is 6.89. The summed E-state index contributed by atoms with van der Waals surface area (Å²) in [6, 6.07) is 10.5. The normalized spacial score (nSPS) is 13.0. The molecule has 0 saturated heterocycles. The first-order valence-corrected chi connectivity index (χ1v) is 7.92. The highest BCUT2D eigenvalue weighted by Gasteiger charge is 2.27. The highest BCUT2D eigenvalue weighted by atomic mass is 19.1. The van der Waals surface area contributed by atoms with Gasteiger partial charge in [-0.15, -0.1) is 0 Å². The van der Waals surface area contributed by atoms with E-state index in [1.54, 1.807) is 19.2 Å². The summed E-state index contributed by atoms with van der Waals surface area (Å²) in [5.41, 5.74) is 2.70. The summed E-state index contributed by atoms with van der Waals surface area (Å²) in [7, 11) is 1.56. The summed E-state index contributed by atoms with van der Waals surface area (Å²) in [4.78, 5) is 0. The van der Waals surface area contributed by atoms with Crippen molar-refractivity contribution in [2.24, 2.45) is 5.41 Å². The lowest BCUT2D eigenvalue weighted by atomic mass is 9.81. The van der Waals surface area contributed by atoms with Gasteiger partial charge in [-0.2, -0.15) is 0 Å². The zero-order valence-corrected chi connectivity index (χ0v) is 14.5. The van der Waals surface area contributed by atoms with E-state index >= 15 is 0 Å². The Kier molecular flexibility index (Phi) is 5.10. The molecule has 2 nitrogen and oxygen atoms in total. The van der Waals surface area contributed by atoms with Gasteiger partial charge in [-0.1, -0.05) is 45.9 Å². The van der Waals surface area contributed by atoms with Gasteiger partial charge in [0.05, 0.1) is 13.2 Å². The van der Waals surface area contributed by atoms with Gasteiger partial charge in [0, 0.05) is 5.56 Å². The molecule has 2 rings (SSSR count). The summed E-state index contributed by atoms with van der Waals surface area (Å²) >= 11 is 0. The predicted octanol–water partition coefficient (Wildman–Crippen LogP) is 5.14. The van der Waals surface area contributed by atoms with Crippen molar-refractivity contribution in [2.45, 2.75) is 40.2 Å². The minimum absolute atomic E-state index is 0.322. The summed E-state index contributed by atoms with van der Waals surface area (Å²) < 4.78 is 19.6. The van der Waals surface area contributed by atoms with Crippen molar-refractivity contribution in [3.63, 3.8) is 0 Å². The molecule has 0 aliphatic rings. The maximum atomic E-state index is 14.4. The van der Waals surface area contributed by atoms with Gasteiger partial charge in [0.2, 0.25) is 0 Å². The smallest absolute Gasteiger partial charge is 0.131 e. The molecule has 1 atom stereocenters. The topological polar surface area (TPSA) is 29.5 Å². The first kappa shape index (κ1) is 17.5. The number of benzene rings is 2. The quantitative estimate of drug-likeness (QED) is 0.846. The van der Waals surface area contributed by atoms with Gasteiger partial charge < -0.3 is 9.84 Å². The van der Waals surface area contributed by atoms with Crippen LogP contribution in [0.15, 0.2) is 36.4 Å². The van der Waals surface area contributed by atoms with Crippen molar-refractivity contribution < 1.29 is 14.2 Å². The Hall–Kier alpha value is -1.87. The van der Waals surface area contributed by atoms with E-state index in [1.807, 2.05) is 39.0 Å². The van der Waals surface area contributed by atoms with Gasteiger partial charge >= 0.3 is 0 Å². The van der Waals surface area contributed by atoms with Crippen LogP contribution in [0, 0.1) is 11.2 Å². The fraction of sp³-hybridized carbons (Fsp3) is 0.400. The van der Waals surface area contributed by atoms with E-state index in [9.17, 15) is 9.50 Å². The van der Waals surface area contributed by atoms with Crippen LogP contribution in [-0.4, -0.2) is 12.2 Å². The maximum absolute atomic E-state index is 14.4. The minimum Gasteiger partial charge on any atom is -0.497 e. The fourth-order valence-corrected chi connectivity index (χ4v) is 2.61. The zero-order valence-electron chi connectivity index (χ0n) is 14.5. The number of hydrogen-bond donors (Lipinski definition) is 1. The van der Waals surface area contributed by atoms with E-state index in [1.165, 1.54) is 6.07 Å². The second kappa shape index (κ2) is 6.71. The molecule has 0 fully saturated rings. The molecule has 0 heterocycles. The molecular formula is C20H25FO2. The summed E-state index contributed by atoms with van der Waals surface area (Å²) in [6.07, 6.45) is 0.180. The molecule has 0 unspecified atom stereocenters. The van der Waals surface area contributed by atoms with E-state index in [4.69, 9.17) is 4.74 Å². The molecule has 2 aromatic rings. The number of aryl methyl sites for hydroxylation is 1. The lowest BCUT2D eigenvalue weighted by molar-refractivity contribution is 0.0631. The van der Waals surface area contributed by atoms with Crippen molar-refractivity contribution in [3.05, 3.63) is 53.3 Å². The van der Waals surface area contributed by atoms with E-state index in [-0.39, 0.29) is 11.2 Å². The first-order chi connectivity index (χ1) is 10.8. The molecule has 124 valence electrons. The number of rotatable bonds is 4. The fourth-order valence-electron chi connectivity index (χ4n) is 2.61. The Morgan fingerprint density at radius 2 is 1.78 bits per heavy atom. The largest absolute Gasteiger partial charge is 0.497 e. The van der Waals surface area contributed by atoms with Crippen LogP contribution in [0.4, 0.5) is 4.39 Å². The van der Waals surface area contributed by atoms with Crippen LogP contribution in [-0.2, 0) is 6.42 Å². The summed E-state index contributed by atoms with van der Waals surface area (Å²) in [5.74, 6) is 0.273. The third kappa shape index (κ3) is 3.73. The zero-order chi connectivity index (χ0) is 17.2. The van der Waals surface area contributed by atoms with E-state index in [0.29, 0.717) is 16.9 Å². The standard InChI is InChI=1S/C20H25FO2/c1-6-13-7-9-15(17(11-13)19(22)20(2,3)4)16-12-14(23-5)8-10-18(16)21/h7-12,19,22H,6H2,1-5H3/t19-/m1/s1. The van der Waals surface area contributed by atoms with Gasteiger partial charge in [0.25, 0.3) is 0 Å². The van der Waals surface area contributed by atoms with Gasteiger partial charge in [0.15, 0.2) is 0 Å².